The van der Waals surface area contributed by atoms with Gasteiger partial charge in [-0.05, 0) is 37.1 Å². The zero-order valence-corrected chi connectivity index (χ0v) is 13.9. The first kappa shape index (κ1) is 16.5. The Bertz CT molecular complexity index is 624. The number of benzene rings is 2. The van der Waals surface area contributed by atoms with Gasteiger partial charge in [0.15, 0.2) is 0 Å². The molecule has 0 radical (unpaired) electrons. The van der Waals surface area contributed by atoms with Gasteiger partial charge in [0.1, 0.15) is 0 Å². The van der Waals surface area contributed by atoms with Crippen LogP contribution in [0.1, 0.15) is 30.0 Å². The van der Waals surface area contributed by atoms with Gasteiger partial charge < -0.3 is 15.5 Å². The van der Waals surface area contributed by atoms with E-state index in [0.717, 1.165) is 30.8 Å². The highest BCUT2D eigenvalue weighted by Crippen LogP contribution is 2.17. The molecule has 1 saturated heterocycles. The van der Waals surface area contributed by atoms with Gasteiger partial charge in [-0.2, -0.15) is 0 Å². The Labute approximate surface area is 143 Å². The van der Waals surface area contributed by atoms with E-state index in [2.05, 4.69) is 27.7 Å². The van der Waals surface area contributed by atoms with E-state index < -0.39 is 0 Å². The fraction of sp³-hybridized carbons (Fsp3) is 0.350. The van der Waals surface area contributed by atoms with Crippen LogP contribution in [0.15, 0.2) is 60.7 Å². The average molecular weight is 323 g/mol. The van der Waals surface area contributed by atoms with E-state index in [0.29, 0.717) is 6.54 Å². The fourth-order valence-electron chi connectivity index (χ4n) is 3.13. The highest BCUT2D eigenvalue weighted by atomic mass is 16.2. The molecule has 2 aromatic rings. The van der Waals surface area contributed by atoms with Crippen LogP contribution in [0.5, 0.6) is 0 Å². The molecular weight excluding hydrogens is 298 g/mol. The lowest BCUT2D eigenvalue weighted by Gasteiger charge is -2.25. The SMILES string of the molecule is O=C(NCc1ccccc1)N[C@H](CN1CCCC1)c1ccccc1. The van der Waals surface area contributed by atoms with Gasteiger partial charge in [0.05, 0.1) is 6.04 Å². The van der Waals surface area contributed by atoms with Gasteiger partial charge in [0.25, 0.3) is 0 Å². The normalized spacial score (nSPS) is 15.8. The molecule has 2 aromatic carbocycles. The zero-order valence-electron chi connectivity index (χ0n) is 13.9. The van der Waals surface area contributed by atoms with Crippen molar-refractivity contribution in [3.8, 4) is 0 Å². The minimum absolute atomic E-state index is 0.0140. The molecular formula is C20H25N3O. The molecule has 126 valence electrons. The van der Waals surface area contributed by atoms with Gasteiger partial charge in [0, 0.05) is 13.1 Å². The number of hydrogen-bond donors (Lipinski definition) is 2. The van der Waals surface area contributed by atoms with E-state index in [9.17, 15) is 4.79 Å². The Kier molecular flexibility index (Phi) is 5.85. The van der Waals surface area contributed by atoms with Crippen molar-refractivity contribution in [1.29, 1.82) is 0 Å². The second-order valence-electron chi connectivity index (χ2n) is 6.28. The van der Waals surface area contributed by atoms with E-state index in [1.165, 1.54) is 12.8 Å². The Morgan fingerprint density at radius 1 is 0.958 bits per heavy atom. The van der Waals surface area contributed by atoms with Crippen molar-refractivity contribution in [2.75, 3.05) is 19.6 Å². The molecule has 1 fully saturated rings. The van der Waals surface area contributed by atoms with Crippen LogP contribution in [0.4, 0.5) is 4.79 Å². The maximum Gasteiger partial charge on any atom is 0.315 e. The summed E-state index contributed by atoms with van der Waals surface area (Å²) in [6.45, 7) is 3.65. The molecule has 0 bridgehead atoms. The predicted octanol–water partition coefficient (Wildman–Crippen LogP) is 3.32. The molecule has 1 heterocycles. The van der Waals surface area contributed by atoms with Crippen LogP contribution < -0.4 is 10.6 Å². The van der Waals surface area contributed by atoms with Crippen molar-refractivity contribution >= 4 is 6.03 Å². The predicted molar refractivity (Wildman–Crippen MR) is 96.7 cm³/mol. The number of nitrogens with zero attached hydrogens (tertiary/aromatic N) is 1. The summed E-state index contributed by atoms with van der Waals surface area (Å²) in [6, 6.07) is 20.1. The molecule has 0 aliphatic carbocycles. The number of carbonyl (C=O) groups is 1. The third-order valence-electron chi connectivity index (χ3n) is 4.44. The number of rotatable bonds is 6. The molecule has 1 aliphatic rings. The van der Waals surface area contributed by atoms with Crippen molar-refractivity contribution in [3.05, 3.63) is 71.8 Å². The lowest BCUT2D eigenvalue weighted by atomic mass is 10.1. The average Bonchev–Trinajstić information content (AvgIpc) is 3.14. The summed E-state index contributed by atoms with van der Waals surface area (Å²) in [5, 5.41) is 6.09. The Morgan fingerprint density at radius 2 is 1.58 bits per heavy atom. The van der Waals surface area contributed by atoms with E-state index in [1.54, 1.807) is 0 Å². The molecule has 0 saturated carbocycles. The summed E-state index contributed by atoms with van der Waals surface area (Å²) in [6.07, 6.45) is 2.50. The lowest BCUT2D eigenvalue weighted by Crippen LogP contribution is -2.42. The minimum atomic E-state index is -0.119. The Morgan fingerprint density at radius 3 is 2.25 bits per heavy atom. The molecule has 0 unspecified atom stereocenters. The van der Waals surface area contributed by atoms with Crippen LogP contribution >= 0.6 is 0 Å². The number of amides is 2. The van der Waals surface area contributed by atoms with E-state index in [1.807, 2.05) is 48.5 Å². The smallest absolute Gasteiger partial charge is 0.315 e. The van der Waals surface area contributed by atoms with Crippen LogP contribution in [0.2, 0.25) is 0 Å². The van der Waals surface area contributed by atoms with E-state index in [4.69, 9.17) is 0 Å². The highest BCUT2D eigenvalue weighted by molar-refractivity contribution is 5.74. The molecule has 0 spiro atoms. The van der Waals surface area contributed by atoms with Crippen LogP contribution in [-0.2, 0) is 6.54 Å². The zero-order chi connectivity index (χ0) is 16.6. The third-order valence-corrected chi connectivity index (χ3v) is 4.44. The summed E-state index contributed by atoms with van der Waals surface area (Å²) in [5.74, 6) is 0. The van der Waals surface area contributed by atoms with Crippen LogP contribution in [0.25, 0.3) is 0 Å². The quantitative estimate of drug-likeness (QED) is 0.856. The van der Waals surface area contributed by atoms with Gasteiger partial charge in [-0.25, -0.2) is 4.79 Å². The Hall–Kier alpha value is -2.33. The summed E-state index contributed by atoms with van der Waals surface area (Å²) in [7, 11) is 0. The highest BCUT2D eigenvalue weighted by Gasteiger charge is 2.20. The minimum Gasteiger partial charge on any atom is -0.334 e. The lowest BCUT2D eigenvalue weighted by molar-refractivity contribution is 0.229. The van der Waals surface area contributed by atoms with Gasteiger partial charge in [0.2, 0.25) is 0 Å². The summed E-state index contributed by atoms with van der Waals surface area (Å²) in [5.41, 5.74) is 2.25. The van der Waals surface area contributed by atoms with Crippen molar-refractivity contribution in [3.63, 3.8) is 0 Å². The van der Waals surface area contributed by atoms with Crippen molar-refractivity contribution in [2.45, 2.75) is 25.4 Å². The molecule has 1 aliphatic heterocycles. The summed E-state index contributed by atoms with van der Waals surface area (Å²) >= 11 is 0. The van der Waals surface area contributed by atoms with Crippen LogP contribution in [0.3, 0.4) is 0 Å². The molecule has 2 N–H and O–H groups in total. The third kappa shape index (κ3) is 4.83. The molecule has 2 amide bonds. The van der Waals surface area contributed by atoms with Gasteiger partial charge in [-0.3, -0.25) is 0 Å². The largest absolute Gasteiger partial charge is 0.334 e. The number of urea groups is 1. The van der Waals surface area contributed by atoms with Crippen molar-refractivity contribution < 1.29 is 4.79 Å². The number of hydrogen-bond acceptors (Lipinski definition) is 2. The summed E-state index contributed by atoms with van der Waals surface area (Å²) in [4.78, 5) is 14.8. The second kappa shape index (κ2) is 8.50. The first-order chi connectivity index (χ1) is 11.8. The summed E-state index contributed by atoms with van der Waals surface area (Å²) < 4.78 is 0. The fourth-order valence-corrected chi connectivity index (χ4v) is 3.13. The topological polar surface area (TPSA) is 44.4 Å². The number of nitrogens with one attached hydrogen (secondary N) is 2. The van der Waals surface area contributed by atoms with Crippen molar-refractivity contribution in [1.82, 2.24) is 15.5 Å². The van der Waals surface area contributed by atoms with Crippen molar-refractivity contribution in [2.24, 2.45) is 0 Å². The first-order valence-corrected chi connectivity index (χ1v) is 8.67. The maximum atomic E-state index is 12.3. The van der Waals surface area contributed by atoms with E-state index in [-0.39, 0.29) is 12.1 Å². The second-order valence-corrected chi connectivity index (χ2v) is 6.28. The van der Waals surface area contributed by atoms with E-state index >= 15 is 0 Å². The molecule has 0 aromatic heterocycles. The van der Waals surface area contributed by atoms with Crippen LogP contribution in [0, 0.1) is 0 Å². The molecule has 4 nitrogen and oxygen atoms in total. The molecule has 24 heavy (non-hydrogen) atoms. The number of likely N-dealkylation sites (tertiary alicyclic amines) is 1. The van der Waals surface area contributed by atoms with Crippen LogP contribution in [-0.4, -0.2) is 30.6 Å². The standard InChI is InChI=1S/C20H25N3O/c24-20(21-15-17-9-3-1-4-10-17)22-19(16-23-13-7-8-14-23)18-11-5-2-6-12-18/h1-6,9-12,19H,7-8,13-16H2,(H2,21,22,24)/t19-/m1/s1. The molecule has 1 atom stereocenters. The number of carbonyl (C=O) groups excluding carboxylic acids is 1. The van der Waals surface area contributed by atoms with Gasteiger partial charge >= 0.3 is 6.03 Å². The Balaban J connectivity index is 1.59. The maximum absolute atomic E-state index is 12.3. The molecule has 4 heteroatoms. The van der Waals surface area contributed by atoms with Gasteiger partial charge in [-0.15, -0.1) is 0 Å². The van der Waals surface area contributed by atoms with Gasteiger partial charge in [-0.1, -0.05) is 60.7 Å². The molecule has 3 rings (SSSR count). The monoisotopic (exact) mass is 323 g/mol. The first-order valence-electron chi connectivity index (χ1n) is 8.67.